The summed E-state index contributed by atoms with van der Waals surface area (Å²) in [4.78, 5) is 18.6. The van der Waals surface area contributed by atoms with Gasteiger partial charge in [0.1, 0.15) is 0 Å². The van der Waals surface area contributed by atoms with Crippen molar-refractivity contribution >= 4 is 29.0 Å². The van der Waals surface area contributed by atoms with Gasteiger partial charge >= 0.3 is 0 Å². The van der Waals surface area contributed by atoms with E-state index < -0.39 is 0 Å². The molecule has 1 amide bonds. The minimum absolute atomic E-state index is 0.127. The Labute approximate surface area is 150 Å². The fourth-order valence-electron chi connectivity index (χ4n) is 2.91. The second-order valence-electron chi connectivity index (χ2n) is 6.08. The van der Waals surface area contributed by atoms with Crippen LogP contribution in [0.4, 0.5) is 0 Å². The molecule has 0 N–H and O–H groups in total. The highest BCUT2D eigenvalue weighted by Crippen LogP contribution is 2.23. The van der Waals surface area contributed by atoms with Gasteiger partial charge in [0.05, 0.1) is 22.9 Å². The molecule has 3 rings (SSSR count). The van der Waals surface area contributed by atoms with Crippen molar-refractivity contribution in [1.29, 1.82) is 0 Å². The third-order valence-electron chi connectivity index (χ3n) is 4.28. The fourth-order valence-corrected chi connectivity index (χ4v) is 4.23. The van der Waals surface area contributed by atoms with Gasteiger partial charge in [-0.3, -0.25) is 4.79 Å². The molecule has 0 atom stereocenters. The standard InChI is InChI=1S/C16H22N4O2S2/c1-11-17-12(9-23-11)8-14-18-19-16(22-14)24-10-15(21)20(2)13-6-4-3-5-7-13/h9,13H,3-8,10H2,1-2H3. The molecule has 24 heavy (non-hydrogen) atoms. The van der Waals surface area contributed by atoms with Gasteiger partial charge in [0.2, 0.25) is 11.8 Å². The molecule has 0 spiro atoms. The van der Waals surface area contributed by atoms with E-state index in [0.29, 0.717) is 29.3 Å². The molecule has 2 aromatic heterocycles. The highest BCUT2D eigenvalue weighted by Gasteiger charge is 2.22. The van der Waals surface area contributed by atoms with Crippen LogP contribution in [-0.2, 0) is 11.2 Å². The molecular formula is C16H22N4O2S2. The van der Waals surface area contributed by atoms with Gasteiger partial charge in [0, 0.05) is 18.5 Å². The Morgan fingerprint density at radius 3 is 2.88 bits per heavy atom. The molecule has 130 valence electrons. The van der Waals surface area contributed by atoms with Crippen LogP contribution in [0.5, 0.6) is 0 Å². The lowest BCUT2D eigenvalue weighted by atomic mass is 9.94. The Balaban J connectivity index is 1.48. The van der Waals surface area contributed by atoms with Crippen LogP contribution in [0.3, 0.4) is 0 Å². The number of carbonyl (C=O) groups is 1. The Morgan fingerprint density at radius 2 is 2.17 bits per heavy atom. The van der Waals surface area contributed by atoms with Crippen LogP contribution in [0, 0.1) is 6.92 Å². The number of aryl methyl sites for hydroxylation is 1. The summed E-state index contributed by atoms with van der Waals surface area (Å²) in [6.07, 6.45) is 6.50. The van der Waals surface area contributed by atoms with Crippen molar-refractivity contribution in [3.63, 3.8) is 0 Å². The molecule has 1 fully saturated rings. The van der Waals surface area contributed by atoms with Crippen LogP contribution in [0.25, 0.3) is 0 Å². The number of rotatable bonds is 6. The van der Waals surface area contributed by atoms with Crippen LogP contribution in [0.2, 0.25) is 0 Å². The molecule has 1 aliphatic rings. The van der Waals surface area contributed by atoms with Gasteiger partial charge < -0.3 is 9.32 Å². The monoisotopic (exact) mass is 366 g/mol. The van der Waals surface area contributed by atoms with Crippen molar-refractivity contribution in [1.82, 2.24) is 20.1 Å². The quantitative estimate of drug-likeness (QED) is 0.731. The van der Waals surface area contributed by atoms with Gasteiger partial charge in [0.25, 0.3) is 5.22 Å². The zero-order chi connectivity index (χ0) is 16.9. The summed E-state index contributed by atoms with van der Waals surface area (Å²) in [6, 6.07) is 0.387. The Morgan fingerprint density at radius 1 is 1.38 bits per heavy atom. The molecule has 8 heteroatoms. The van der Waals surface area contributed by atoms with E-state index in [4.69, 9.17) is 4.42 Å². The van der Waals surface area contributed by atoms with E-state index in [2.05, 4.69) is 15.2 Å². The Hall–Kier alpha value is -1.41. The molecule has 0 unspecified atom stereocenters. The molecule has 1 aliphatic carbocycles. The Bertz CT molecular complexity index is 679. The smallest absolute Gasteiger partial charge is 0.277 e. The molecule has 0 saturated heterocycles. The lowest BCUT2D eigenvalue weighted by Gasteiger charge is -2.31. The lowest BCUT2D eigenvalue weighted by Crippen LogP contribution is -2.39. The predicted molar refractivity (Wildman–Crippen MR) is 94.3 cm³/mol. The van der Waals surface area contributed by atoms with Crippen molar-refractivity contribution in [3.05, 3.63) is 22.0 Å². The molecule has 2 aromatic rings. The fraction of sp³-hybridized carbons (Fsp3) is 0.625. The number of nitrogens with zero attached hydrogens (tertiary/aromatic N) is 4. The van der Waals surface area contributed by atoms with Gasteiger partial charge in [-0.05, 0) is 19.8 Å². The highest BCUT2D eigenvalue weighted by molar-refractivity contribution is 7.99. The zero-order valence-corrected chi connectivity index (χ0v) is 15.7. The number of thiazole rings is 1. The van der Waals surface area contributed by atoms with E-state index in [9.17, 15) is 4.79 Å². The summed E-state index contributed by atoms with van der Waals surface area (Å²) in [5.41, 5.74) is 0.936. The van der Waals surface area contributed by atoms with Gasteiger partial charge in [-0.15, -0.1) is 21.5 Å². The number of hydrogen-bond donors (Lipinski definition) is 0. The van der Waals surface area contributed by atoms with Crippen LogP contribution in [0.15, 0.2) is 15.0 Å². The second kappa shape index (κ2) is 8.11. The van der Waals surface area contributed by atoms with E-state index >= 15 is 0 Å². The number of aromatic nitrogens is 3. The topological polar surface area (TPSA) is 72.1 Å². The van der Waals surface area contributed by atoms with E-state index in [1.807, 2.05) is 24.3 Å². The summed E-state index contributed by atoms with van der Waals surface area (Å²) in [6.45, 7) is 1.97. The molecule has 0 aliphatic heterocycles. The van der Waals surface area contributed by atoms with Crippen molar-refractivity contribution in [2.75, 3.05) is 12.8 Å². The van der Waals surface area contributed by atoms with Crippen LogP contribution >= 0.6 is 23.1 Å². The van der Waals surface area contributed by atoms with E-state index in [1.165, 1.54) is 31.0 Å². The highest BCUT2D eigenvalue weighted by atomic mass is 32.2. The first-order valence-electron chi connectivity index (χ1n) is 8.23. The summed E-state index contributed by atoms with van der Waals surface area (Å²) >= 11 is 2.91. The van der Waals surface area contributed by atoms with Crippen LogP contribution in [0.1, 0.15) is 48.7 Å². The zero-order valence-electron chi connectivity index (χ0n) is 14.0. The van der Waals surface area contributed by atoms with E-state index in [0.717, 1.165) is 23.5 Å². The van der Waals surface area contributed by atoms with Crippen LogP contribution in [-0.4, -0.2) is 44.8 Å². The molecule has 0 bridgehead atoms. The van der Waals surface area contributed by atoms with Crippen LogP contribution < -0.4 is 0 Å². The average molecular weight is 367 g/mol. The minimum atomic E-state index is 0.127. The first-order valence-corrected chi connectivity index (χ1v) is 10.1. The van der Waals surface area contributed by atoms with Crippen molar-refractivity contribution < 1.29 is 9.21 Å². The molecule has 0 aromatic carbocycles. The first kappa shape index (κ1) is 17.4. The summed E-state index contributed by atoms with van der Waals surface area (Å²) in [5.74, 6) is 1.00. The van der Waals surface area contributed by atoms with E-state index in [-0.39, 0.29) is 5.91 Å². The maximum absolute atomic E-state index is 12.3. The van der Waals surface area contributed by atoms with Gasteiger partial charge in [-0.1, -0.05) is 31.0 Å². The maximum Gasteiger partial charge on any atom is 0.277 e. The summed E-state index contributed by atoms with van der Waals surface area (Å²) < 4.78 is 5.61. The molecule has 2 heterocycles. The van der Waals surface area contributed by atoms with Gasteiger partial charge in [-0.2, -0.15) is 0 Å². The van der Waals surface area contributed by atoms with Gasteiger partial charge in [0.15, 0.2) is 0 Å². The first-order chi connectivity index (χ1) is 11.6. The lowest BCUT2D eigenvalue weighted by molar-refractivity contribution is -0.129. The summed E-state index contributed by atoms with van der Waals surface area (Å²) in [7, 11) is 1.91. The second-order valence-corrected chi connectivity index (χ2v) is 8.07. The summed E-state index contributed by atoms with van der Waals surface area (Å²) in [5, 5.41) is 11.5. The maximum atomic E-state index is 12.3. The third-order valence-corrected chi connectivity index (χ3v) is 5.91. The molecule has 6 nitrogen and oxygen atoms in total. The van der Waals surface area contributed by atoms with Crippen molar-refractivity contribution in [3.8, 4) is 0 Å². The predicted octanol–water partition coefficient (Wildman–Crippen LogP) is 3.31. The van der Waals surface area contributed by atoms with Gasteiger partial charge in [-0.25, -0.2) is 4.98 Å². The van der Waals surface area contributed by atoms with Crippen molar-refractivity contribution in [2.24, 2.45) is 0 Å². The number of amides is 1. The molecular weight excluding hydrogens is 344 g/mol. The van der Waals surface area contributed by atoms with Crippen molar-refractivity contribution in [2.45, 2.75) is 56.7 Å². The number of hydrogen-bond acceptors (Lipinski definition) is 7. The molecule has 0 radical (unpaired) electrons. The number of thioether (sulfide) groups is 1. The third kappa shape index (κ3) is 4.57. The molecule has 1 saturated carbocycles. The normalized spacial score (nSPS) is 15.6. The largest absolute Gasteiger partial charge is 0.416 e. The Kier molecular flexibility index (Phi) is 5.89. The number of carbonyl (C=O) groups excluding carboxylic acids is 1. The SMILES string of the molecule is Cc1nc(Cc2nnc(SCC(=O)N(C)C3CCCCC3)o2)cs1. The minimum Gasteiger partial charge on any atom is -0.416 e. The average Bonchev–Trinajstić information content (AvgIpc) is 3.22. The van der Waals surface area contributed by atoms with E-state index in [1.54, 1.807) is 11.3 Å².